The van der Waals surface area contributed by atoms with Crippen LogP contribution in [0.25, 0.3) is 10.8 Å². The number of hydrogen-bond acceptors (Lipinski definition) is 4. The summed E-state index contributed by atoms with van der Waals surface area (Å²) in [5.41, 5.74) is 2.76. The molecule has 7 nitrogen and oxygen atoms in total. The van der Waals surface area contributed by atoms with E-state index in [4.69, 9.17) is 0 Å². The maximum absolute atomic E-state index is 13.2. The second kappa shape index (κ2) is 10.2. The van der Waals surface area contributed by atoms with Gasteiger partial charge < -0.3 is 10.2 Å². The maximum atomic E-state index is 13.2. The van der Waals surface area contributed by atoms with Crippen LogP contribution in [0.5, 0.6) is 0 Å². The van der Waals surface area contributed by atoms with E-state index in [0.29, 0.717) is 17.3 Å². The predicted molar refractivity (Wildman–Crippen MR) is 127 cm³/mol. The van der Waals surface area contributed by atoms with Crippen molar-refractivity contribution < 1.29 is 9.59 Å². The topological polar surface area (TPSA) is 84.3 Å². The van der Waals surface area contributed by atoms with Crippen LogP contribution in [-0.2, 0) is 11.3 Å². The third kappa shape index (κ3) is 5.04. The first-order chi connectivity index (χ1) is 15.3. The van der Waals surface area contributed by atoms with Gasteiger partial charge in [-0.15, -0.1) is 0 Å². The van der Waals surface area contributed by atoms with E-state index in [1.165, 1.54) is 9.58 Å². The Morgan fingerprint density at radius 2 is 1.75 bits per heavy atom. The molecule has 1 N–H and O–H groups in total. The number of fused-ring (bicyclic) bond motifs is 1. The molecule has 0 spiro atoms. The molecule has 0 radical (unpaired) electrons. The maximum Gasteiger partial charge on any atom is 0.275 e. The minimum Gasteiger partial charge on any atom is -0.331 e. The Kier molecular flexibility index (Phi) is 7.41. The molecule has 0 fully saturated rings. The van der Waals surface area contributed by atoms with Crippen molar-refractivity contribution in [2.75, 3.05) is 18.9 Å². The molecular formula is C25H30N4O3. The van der Waals surface area contributed by atoms with Crippen LogP contribution in [0.4, 0.5) is 5.69 Å². The van der Waals surface area contributed by atoms with E-state index >= 15 is 0 Å². The number of rotatable bonds is 8. The van der Waals surface area contributed by atoms with Crippen molar-refractivity contribution in [3.05, 3.63) is 69.6 Å². The quantitative estimate of drug-likeness (QED) is 0.545. The zero-order valence-corrected chi connectivity index (χ0v) is 19.1. The van der Waals surface area contributed by atoms with Gasteiger partial charge in [-0.2, -0.15) is 5.10 Å². The molecule has 32 heavy (non-hydrogen) atoms. The van der Waals surface area contributed by atoms with Gasteiger partial charge in [-0.05, 0) is 43.5 Å². The molecule has 7 heteroatoms. The Labute approximate surface area is 188 Å². The molecule has 0 unspecified atom stereocenters. The van der Waals surface area contributed by atoms with Gasteiger partial charge in [-0.3, -0.25) is 14.4 Å². The molecule has 2 amide bonds. The van der Waals surface area contributed by atoms with E-state index in [2.05, 4.69) is 17.3 Å². The van der Waals surface area contributed by atoms with Gasteiger partial charge in [0, 0.05) is 24.7 Å². The minimum atomic E-state index is -0.401. The number of likely N-dealkylation sites (N-methyl/N-ethyl adjacent to an activating group) is 1. The average molecular weight is 435 g/mol. The zero-order valence-electron chi connectivity index (χ0n) is 19.1. The summed E-state index contributed by atoms with van der Waals surface area (Å²) in [6.07, 6.45) is 2.80. The van der Waals surface area contributed by atoms with Crippen LogP contribution in [0.3, 0.4) is 0 Å². The predicted octanol–water partition coefficient (Wildman–Crippen LogP) is 3.91. The first-order valence-electron chi connectivity index (χ1n) is 10.9. The van der Waals surface area contributed by atoms with Crippen LogP contribution in [0.2, 0.25) is 0 Å². The first-order valence-corrected chi connectivity index (χ1v) is 10.9. The number of hydrogen-bond donors (Lipinski definition) is 1. The summed E-state index contributed by atoms with van der Waals surface area (Å²) >= 11 is 0. The Balaban J connectivity index is 1.84. The largest absolute Gasteiger partial charge is 0.331 e. The van der Waals surface area contributed by atoms with Gasteiger partial charge in [0.15, 0.2) is 5.69 Å². The number of aryl methyl sites for hydroxylation is 2. The number of nitrogens with one attached hydrogen (secondary N) is 1. The number of carbonyl (C=O) groups excluding carboxylic acids is 2. The van der Waals surface area contributed by atoms with Gasteiger partial charge in [0.2, 0.25) is 5.91 Å². The summed E-state index contributed by atoms with van der Waals surface area (Å²) in [5.74, 6) is -0.698. The third-order valence-electron chi connectivity index (χ3n) is 5.65. The molecule has 0 saturated heterocycles. The van der Waals surface area contributed by atoms with Crippen molar-refractivity contribution >= 4 is 28.3 Å². The molecule has 2 aromatic carbocycles. The summed E-state index contributed by atoms with van der Waals surface area (Å²) in [5, 5.41) is 8.21. The first kappa shape index (κ1) is 23.2. The van der Waals surface area contributed by atoms with Crippen molar-refractivity contribution in [1.82, 2.24) is 14.7 Å². The lowest BCUT2D eigenvalue weighted by atomic mass is 10.1. The van der Waals surface area contributed by atoms with Crippen molar-refractivity contribution in [2.24, 2.45) is 0 Å². The fourth-order valence-electron chi connectivity index (χ4n) is 3.60. The molecule has 1 aromatic heterocycles. The van der Waals surface area contributed by atoms with E-state index in [1.807, 2.05) is 32.0 Å². The van der Waals surface area contributed by atoms with Crippen LogP contribution in [0.15, 0.2) is 47.3 Å². The number of carbonyl (C=O) groups is 2. The van der Waals surface area contributed by atoms with Crippen molar-refractivity contribution in [2.45, 2.75) is 46.6 Å². The summed E-state index contributed by atoms with van der Waals surface area (Å²) < 4.78 is 1.37. The highest BCUT2D eigenvalue weighted by Gasteiger charge is 2.21. The van der Waals surface area contributed by atoms with Gasteiger partial charge in [-0.1, -0.05) is 50.1 Å². The Morgan fingerprint density at radius 1 is 1.03 bits per heavy atom. The van der Waals surface area contributed by atoms with Crippen molar-refractivity contribution in [1.29, 1.82) is 0 Å². The zero-order chi connectivity index (χ0) is 23.3. The second-order valence-corrected chi connectivity index (χ2v) is 8.09. The highest BCUT2D eigenvalue weighted by Crippen LogP contribution is 2.18. The summed E-state index contributed by atoms with van der Waals surface area (Å²) in [6, 6.07) is 12.7. The van der Waals surface area contributed by atoms with E-state index in [9.17, 15) is 14.4 Å². The number of nitrogens with zero attached hydrogens (tertiary/aromatic N) is 3. The highest BCUT2D eigenvalue weighted by molar-refractivity contribution is 6.06. The molecule has 1 heterocycles. The monoisotopic (exact) mass is 434 g/mol. The van der Waals surface area contributed by atoms with Gasteiger partial charge in [0.25, 0.3) is 11.5 Å². The second-order valence-electron chi connectivity index (χ2n) is 8.09. The van der Waals surface area contributed by atoms with Gasteiger partial charge in [-0.25, -0.2) is 4.68 Å². The van der Waals surface area contributed by atoms with E-state index in [1.54, 1.807) is 31.3 Å². The molecule has 0 bridgehead atoms. The Morgan fingerprint density at radius 3 is 2.47 bits per heavy atom. The fourth-order valence-corrected chi connectivity index (χ4v) is 3.60. The SMILES string of the molecule is CCCCCn1nc(C(=O)N(C)CC(=O)Nc2cccc(C)c2C)c2ccccc2c1=O. The summed E-state index contributed by atoms with van der Waals surface area (Å²) in [4.78, 5) is 40.0. The lowest BCUT2D eigenvalue weighted by Gasteiger charge is -2.19. The molecule has 0 aliphatic heterocycles. The van der Waals surface area contributed by atoms with Crippen LogP contribution in [-0.4, -0.2) is 40.1 Å². The van der Waals surface area contributed by atoms with Crippen molar-refractivity contribution in [3.63, 3.8) is 0 Å². The number of benzene rings is 2. The fraction of sp³-hybridized carbons (Fsp3) is 0.360. The lowest BCUT2D eigenvalue weighted by Crippen LogP contribution is -2.37. The summed E-state index contributed by atoms with van der Waals surface area (Å²) in [6.45, 7) is 6.33. The van der Waals surface area contributed by atoms with Crippen LogP contribution in [0, 0.1) is 13.8 Å². The van der Waals surface area contributed by atoms with Crippen molar-refractivity contribution in [3.8, 4) is 0 Å². The third-order valence-corrected chi connectivity index (χ3v) is 5.65. The van der Waals surface area contributed by atoms with E-state index in [-0.39, 0.29) is 23.7 Å². The molecule has 0 saturated carbocycles. The van der Waals surface area contributed by atoms with Gasteiger partial charge in [0.1, 0.15) is 0 Å². The van der Waals surface area contributed by atoms with E-state index in [0.717, 1.165) is 36.1 Å². The van der Waals surface area contributed by atoms with Gasteiger partial charge in [0.05, 0.1) is 11.9 Å². The van der Waals surface area contributed by atoms with E-state index < -0.39 is 5.91 Å². The minimum absolute atomic E-state index is 0.128. The standard InChI is InChI=1S/C25H30N4O3/c1-5-6-9-15-29-24(31)20-13-8-7-12-19(20)23(27-29)25(32)28(4)16-22(30)26-21-14-10-11-17(2)18(21)3/h7-8,10-14H,5-6,9,15-16H2,1-4H3,(H,26,30). The van der Waals surface area contributed by atoms with Crippen LogP contribution < -0.4 is 10.9 Å². The number of aromatic nitrogens is 2. The van der Waals surface area contributed by atoms with Crippen LogP contribution >= 0.6 is 0 Å². The normalized spacial score (nSPS) is 10.9. The Bertz CT molecular complexity index is 1200. The molecule has 0 aliphatic carbocycles. The molecule has 3 aromatic rings. The van der Waals surface area contributed by atoms with Gasteiger partial charge >= 0.3 is 0 Å². The molecule has 168 valence electrons. The number of anilines is 1. The molecule has 0 atom stereocenters. The number of unbranched alkanes of at least 4 members (excludes halogenated alkanes) is 2. The average Bonchev–Trinajstić information content (AvgIpc) is 2.78. The lowest BCUT2D eigenvalue weighted by molar-refractivity contribution is -0.116. The Hall–Kier alpha value is -3.48. The molecule has 0 aliphatic rings. The van der Waals surface area contributed by atoms with Crippen LogP contribution in [0.1, 0.15) is 47.8 Å². The molecular weight excluding hydrogens is 404 g/mol. The molecule has 3 rings (SSSR count). The number of amides is 2. The summed E-state index contributed by atoms with van der Waals surface area (Å²) in [7, 11) is 1.56. The highest BCUT2D eigenvalue weighted by atomic mass is 16.2. The smallest absolute Gasteiger partial charge is 0.275 e.